The Kier molecular flexibility index (Phi) is 4.14. The fraction of sp³-hybridized carbons (Fsp3) is 0. The Hall–Kier alpha value is -2.13. The van der Waals surface area contributed by atoms with Crippen LogP contribution in [0.4, 0.5) is 17.1 Å². The van der Waals surface area contributed by atoms with Gasteiger partial charge in [-0.2, -0.15) is 0 Å². The van der Waals surface area contributed by atoms with Gasteiger partial charge in [-0.1, -0.05) is 12.1 Å². The maximum Gasteiger partial charge on any atom is 0.291 e. The van der Waals surface area contributed by atoms with Crippen molar-refractivity contribution in [3.05, 3.63) is 57.1 Å². The van der Waals surface area contributed by atoms with E-state index in [1.807, 2.05) is 0 Å². The molecule has 0 bridgehead atoms. The van der Waals surface area contributed by atoms with Gasteiger partial charge in [-0.15, -0.1) is 0 Å². The number of nitrogens with one attached hydrogen (secondary N) is 1. The Morgan fingerprint density at radius 2 is 1.86 bits per heavy atom. The molecule has 0 saturated heterocycles. The van der Waals surface area contributed by atoms with Gasteiger partial charge < -0.3 is 5.73 Å². The Bertz CT molecular complexity index is 808. The van der Waals surface area contributed by atoms with Crippen molar-refractivity contribution in [1.29, 1.82) is 0 Å². The second-order valence-electron chi connectivity index (χ2n) is 4.07. The van der Waals surface area contributed by atoms with E-state index in [1.165, 1.54) is 12.1 Å². The molecule has 0 unspecified atom stereocenters. The van der Waals surface area contributed by atoms with Crippen LogP contribution in [0.15, 0.2) is 51.8 Å². The maximum atomic E-state index is 12.3. The summed E-state index contributed by atoms with van der Waals surface area (Å²) in [5.74, 6) is 0. The number of para-hydroxylation sites is 1. The van der Waals surface area contributed by atoms with Crippen molar-refractivity contribution in [2.75, 3.05) is 10.5 Å². The van der Waals surface area contributed by atoms with Gasteiger partial charge in [-0.3, -0.25) is 14.8 Å². The highest BCUT2D eigenvalue weighted by Crippen LogP contribution is 2.29. The highest BCUT2D eigenvalue weighted by atomic mass is 79.9. The molecule has 0 fully saturated rings. The molecule has 2 aromatic rings. The molecule has 0 aromatic heterocycles. The van der Waals surface area contributed by atoms with Crippen molar-refractivity contribution in [1.82, 2.24) is 0 Å². The number of nitrogen functional groups attached to an aromatic ring is 1. The average molecular weight is 372 g/mol. The fourth-order valence-electron chi connectivity index (χ4n) is 1.65. The van der Waals surface area contributed by atoms with Gasteiger partial charge in [0.15, 0.2) is 4.90 Å². The zero-order valence-corrected chi connectivity index (χ0v) is 12.9. The summed E-state index contributed by atoms with van der Waals surface area (Å²) >= 11 is 3.20. The summed E-state index contributed by atoms with van der Waals surface area (Å²) in [6.45, 7) is 0. The monoisotopic (exact) mass is 371 g/mol. The number of benzene rings is 2. The van der Waals surface area contributed by atoms with Crippen LogP contribution in [0.25, 0.3) is 0 Å². The van der Waals surface area contributed by atoms with Gasteiger partial charge in [0, 0.05) is 16.2 Å². The van der Waals surface area contributed by atoms with E-state index >= 15 is 0 Å². The smallest absolute Gasteiger partial charge is 0.291 e. The molecule has 2 aromatic carbocycles. The summed E-state index contributed by atoms with van der Waals surface area (Å²) in [5, 5.41) is 11.0. The summed E-state index contributed by atoms with van der Waals surface area (Å²) in [4.78, 5) is 9.75. The van der Waals surface area contributed by atoms with Crippen molar-refractivity contribution in [2.24, 2.45) is 0 Å². The molecule has 0 aliphatic carbocycles. The van der Waals surface area contributed by atoms with E-state index in [2.05, 4.69) is 20.7 Å². The minimum atomic E-state index is -4.11. The van der Waals surface area contributed by atoms with E-state index < -0.39 is 25.5 Å². The zero-order chi connectivity index (χ0) is 15.6. The molecule has 0 atom stereocenters. The normalized spacial score (nSPS) is 11.1. The molecule has 0 spiro atoms. The number of nitrogens with two attached hydrogens (primary N) is 1. The topological polar surface area (TPSA) is 115 Å². The molecule has 2 rings (SSSR count). The van der Waals surface area contributed by atoms with E-state index in [0.717, 1.165) is 12.1 Å². The fourth-order valence-corrected chi connectivity index (χ4v) is 3.40. The Morgan fingerprint density at radius 1 is 1.19 bits per heavy atom. The van der Waals surface area contributed by atoms with E-state index in [9.17, 15) is 18.5 Å². The van der Waals surface area contributed by atoms with Crippen molar-refractivity contribution >= 4 is 43.0 Å². The molecule has 3 N–H and O–H groups in total. The van der Waals surface area contributed by atoms with Crippen molar-refractivity contribution in [3.63, 3.8) is 0 Å². The minimum Gasteiger partial charge on any atom is -0.399 e. The lowest BCUT2D eigenvalue weighted by Crippen LogP contribution is -2.15. The van der Waals surface area contributed by atoms with Gasteiger partial charge >= 0.3 is 0 Å². The largest absolute Gasteiger partial charge is 0.399 e. The predicted molar refractivity (Wildman–Crippen MR) is 82.5 cm³/mol. The number of nitrogens with zero attached hydrogens (tertiary/aromatic N) is 1. The summed E-state index contributed by atoms with van der Waals surface area (Å²) in [6, 6.07) is 9.94. The lowest BCUT2D eigenvalue weighted by Gasteiger charge is -2.10. The van der Waals surface area contributed by atoms with Crippen LogP contribution < -0.4 is 10.5 Å². The van der Waals surface area contributed by atoms with Gasteiger partial charge in [-0.05, 0) is 40.2 Å². The Balaban J connectivity index is 2.50. The number of nitro groups is 1. The van der Waals surface area contributed by atoms with E-state index in [4.69, 9.17) is 5.73 Å². The van der Waals surface area contributed by atoms with Gasteiger partial charge in [0.1, 0.15) is 0 Å². The molecule has 0 radical (unpaired) electrons. The molecule has 21 heavy (non-hydrogen) atoms. The SMILES string of the molecule is Nc1ccc(S(=O)(=O)Nc2ccccc2Br)c([N+](=O)[O-])c1. The first-order chi connectivity index (χ1) is 9.81. The molecule has 0 aliphatic heterocycles. The molecule has 110 valence electrons. The first-order valence-corrected chi connectivity index (χ1v) is 7.90. The third-order valence-electron chi connectivity index (χ3n) is 2.59. The molecule has 0 aliphatic rings. The highest BCUT2D eigenvalue weighted by molar-refractivity contribution is 9.10. The molecule has 0 heterocycles. The first kappa shape index (κ1) is 15.3. The third-order valence-corrected chi connectivity index (χ3v) is 4.69. The van der Waals surface area contributed by atoms with Crippen LogP contribution in [0.5, 0.6) is 0 Å². The lowest BCUT2D eigenvalue weighted by molar-refractivity contribution is -0.387. The van der Waals surface area contributed by atoms with Gasteiger partial charge in [0.25, 0.3) is 15.7 Å². The van der Waals surface area contributed by atoms with Crippen LogP contribution in [-0.4, -0.2) is 13.3 Å². The molecular formula is C12H10BrN3O4S. The van der Waals surface area contributed by atoms with E-state index in [1.54, 1.807) is 18.2 Å². The van der Waals surface area contributed by atoms with Crippen molar-refractivity contribution in [2.45, 2.75) is 4.90 Å². The number of rotatable bonds is 4. The Labute approximate surface area is 129 Å². The summed E-state index contributed by atoms with van der Waals surface area (Å²) in [5.41, 5.74) is 5.28. The van der Waals surface area contributed by atoms with Crippen LogP contribution in [0, 0.1) is 10.1 Å². The summed E-state index contributed by atoms with van der Waals surface area (Å²) < 4.78 is 27.4. The standard InChI is InChI=1S/C12H10BrN3O4S/c13-9-3-1-2-4-10(9)15-21(19,20)12-6-5-8(14)7-11(12)16(17)18/h1-7,15H,14H2. The van der Waals surface area contributed by atoms with Crippen LogP contribution in [0.3, 0.4) is 0 Å². The van der Waals surface area contributed by atoms with Gasteiger partial charge in [0.2, 0.25) is 0 Å². The van der Waals surface area contributed by atoms with Gasteiger partial charge in [-0.25, -0.2) is 8.42 Å². The van der Waals surface area contributed by atoms with Crippen molar-refractivity contribution < 1.29 is 13.3 Å². The number of anilines is 2. The number of nitro benzene ring substituents is 1. The molecule has 9 heteroatoms. The summed E-state index contributed by atoms with van der Waals surface area (Å²) in [6.07, 6.45) is 0. The number of hydrogen-bond donors (Lipinski definition) is 2. The average Bonchev–Trinajstić information content (AvgIpc) is 2.40. The number of halogens is 1. The quantitative estimate of drug-likeness (QED) is 0.486. The third kappa shape index (κ3) is 3.31. The second-order valence-corrected chi connectivity index (χ2v) is 6.57. The number of hydrogen-bond acceptors (Lipinski definition) is 5. The first-order valence-electron chi connectivity index (χ1n) is 5.62. The summed E-state index contributed by atoms with van der Waals surface area (Å²) in [7, 11) is -4.11. The van der Waals surface area contributed by atoms with E-state index in [-0.39, 0.29) is 11.4 Å². The highest BCUT2D eigenvalue weighted by Gasteiger charge is 2.26. The van der Waals surface area contributed by atoms with Crippen LogP contribution in [0.1, 0.15) is 0 Å². The van der Waals surface area contributed by atoms with Crippen LogP contribution in [0.2, 0.25) is 0 Å². The zero-order valence-electron chi connectivity index (χ0n) is 10.5. The lowest BCUT2D eigenvalue weighted by atomic mass is 10.3. The van der Waals surface area contributed by atoms with E-state index in [0.29, 0.717) is 4.47 Å². The van der Waals surface area contributed by atoms with Crippen LogP contribution in [-0.2, 0) is 10.0 Å². The molecular weight excluding hydrogens is 362 g/mol. The Morgan fingerprint density at radius 3 is 2.48 bits per heavy atom. The molecule has 0 saturated carbocycles. The second kappa shape index (κ2) is 5.70. The number of sulfonamides is 1. The maximum absolute atomic E-state index is 12.3. The molecule has 7 nitrogen and oxygen atoms in total. The van der Waals surface area contributed by atoms with Gasteiger partial charge in [0.05, 0.1) is 10.6 Å². The molecule has 0 amide bonds. The van der Waals surface area contributed by atoms with Crippen molar-refractivity contribution in [3.8, 4) is 0 Å². The van der Waals surface area contributed by atoms with Crippen LogP contribution >= 0.6 is 15.9 Å². The minimum absolute atomic E-state index is 0.113. The predicted octanol–water partition coefficient (Wildman–Crippen LogP) is 2.74.